The van der Waals surface area contributed by atoms with E-state index < -0.39 is 0 Å². The number of likely N-dealkylation sites (tertiary alicyclic amines) is 1. The Bertz CT molecular complexity index is 946. The maximum absolute atomic E-state index is 13.4. The monoisotopic (exact) mass is 437 g/mol. The van der Waals surface area contributed by atoms with Crippen LogP contribution < -0.4 is 4.74 Å². The van der Waals surface area contributed by atoms with Crippen molar-refractivity contribution in [2.45, 2.75) is 24.9 Å². The van der Waals surface area contributed by atoms with Gasteiger partial charge in [0, 0.05) is 25.6 Å². The Morgan fingerprint density at radius 2 is 1.53 bits per heavy atom. The fraction of sp³-hybridized carbons (Fsp3) is 0.333. The molecule has 1 unspecified atom stereocenters. The molecule has 0 aromatic heterocycles. The Balaban J connectivity index is 1.32. The van der Waals surface area contributed by atoms with E-state index in [2.05, 4.69) is 17.0 Å². The number of para-hydroxylation sites is 1. The molecule has 168 valence electrons. The Morgan fingerprint density at radius 1 is 0.906 bits per heavy atom. The summed E-state index contributed by atoms with van der Waals surface area (Å²) in [4.78, 5) is 2.46. The molecule has 3 aromatic rings. The van der Waals surface area contributed by atoms with E-state index in [0.717, 1.165) is 49.4 Å². The first-order valence-electron chi connectivity index (χ1n) is 11.1. The van der Waals surface area contributed by atoms with Crippen molar-refractivity contribution in [3.63, 3.8) is 0 Å². The van der Waals surface area contributed by atoms with Crippen molar-refractivity contribution in [1.82, 2.24) is 4.90 Å². The van der Waals surface area contributed by atoms with Gasteiger partial charge in [-0.1, -0.05) is 42.5 Å². The molecule has 0 N–H and O–H groups in total. The molecule has 1 atom stereocenters. The smallest absolute Gasteiger partial charge is 0.123 e. The molecule has 0 amide bonds. The topological polar surface area (TPSA) is 21.7 Å². The summed E-state index contributed by atoms with van der Waals surface area (Å²) in [7, 11) is 1.72. The normalized spacial score (nSPS) is 16.6. The number of halogens is 2. The van der Waals surface area contributed by atoms with Gasteiger partial charge in [0.2, 0.25) is 0 Å². The highest BCUT2D eigenvalue weighted by molar-refractivity contribution is 5.37. The zero-order valence-corrected chi connectivity index (χ0v) is 18.3. The summed E-state index contributed by atoms with van der Waals surface area (Å²) in [6, 6.07) is 20.9. The summed E-state index contributed by atoms with van der Waals surface area (Å²) < 4.78 is 38.5. The Morgan fingerprint density at radius 3 is 2.16 bits per heavy atom. The fourth-order valence-electron chi connectivity index (χ4n) is 4.44. The van der Waals surface area contributed by atoms with Crippen LogP contribution in [0.25, 0.3) is 0 Å². The van der Waals surface area contributed by atoms with E-state index in [1.807, 2.05) is 12.1 Å². The first-order chi connectivity index (χ1) is 15.6. The van der Waals surface area contributed by atoms with Crippen molar-refractivity contribution >= 4 is 0 Å². The molecule has 1 aliphatic heterocycles. The average Bonchev–Trinajstić information content (AvgIpc) is 3.29. The zero-order valence-electron chi connectivity index (χ0n) is 18.3. The third kappa shape index (κ3) is 5.53. The predicted molar refractivity (Wildman–Crippen MR) is 122 cm³/mol. The molecule has 0 bridgehead atoms. The van der Waals surface area contributed by atoms with Crippen molar-refractivity contribution in [3.8, 4) is 5.75 Å². The molecule has 0 saturated carbocycles. The molecule has 5 heteroatoms. The number of methoxy groups -OCH3 is 1. The van der Waals surface area contributed by atoms with Crippen LogP contribution in [0.4, 0.5) is 8.78 Å². The molecule has 0 spiro atoms. The Labute approximate surface area is 188 Å². The van der Waals surface area contributed by atoms with Crippen LogP contribution in [0, 0.1) is 11.6 Å². The van der Waals surface area contributed by atoms with Crippen molar-refractivity contribution in [2.24, 2.45) is 0 Å². The van der Waals surface area contributed by atoms with Crippen LogP contribution >= 0.6 is 0 Å². The zero-order chi connectivity index (χ0) is 22.3. The van der Waals surface area contributed by atoms with E-state index in [4.69, 9.17) is 9.47 Å². The van der Waals surface area contributed by atoms with Gasteiger partial charge in [0.05, 0.1) is 7.11 Å². The van der Waals surface area contributed by atoms with Crippen LogP contribution in [0.2, 0.25) is 0 Å². The van der Waals surface area contributed by atoms with Gasteiger partial charge >= 0.3 is 0 Å². The lowest BCUT2D eigenvalue weighted by Gasteiger charge is -2.21. The summed E-state index contributed by atoms with van der Waals surface area (Å²) >= 11 is 0. The van der Waals surface area contributed by atoms with Crippen LogP contribution in [0.1, 0.15) is 41.6 Å². The van der Waals surface area contributed by atoms with E-state index in [1.165, 1.54) is 29.8 Å². The van der Waals surface area contributed by atoms with Crippen LogP contribution in [-0.2, 0) is 4.74 Å². The minimum absolute atomic E-state index is 0.287. The summed E-state index contributed by atoms with van der Waals surface area (Å²) in [6.07, 6.45) is 1.66. The molecule has 3 aromatic carbocycles. The number of ether oxygens (including phenoxy) is 2. The molecule has 1 heterocycles. The lowest BCUT2D eigenvalue weighted by Crippen LogP contribution is -2.23. The molecule has 1 aliphatic rings. The second-order valence-electron chi connectivity index (χ2n) is 8.24. The summed E-state index contributed by atoms with van der Waals surface area (Å²) in [5.41, 5.74) is 2.99. The standard InChI is InChI=1S/C27H29F2NO2/c1-31-26-6-3-2-5-25(26)22-15-17-30(19-22)16-4-18-32-27(20-7-11-23(28)12-8-20)21-9-13-24(29)14-10-21/h2-3,5-14,22,27H,4,15-19H2,1H3. The summed E-state index contributed by atoms with van der Waals surface area (Å²) in [6.45, 7) is 3.59. The summed E-state index contributed by atoms with van der Waals surface area (Å²) in [5.74, 6) is 0.873. The van der Waals surface area contributed by atoms with E-state index in [-0.39, 0.29) is 17.7 Å². The second kappa shape index (κ2) is 10.7. The molecule has 1 fully saturated rings. The van der Waals surface area contributed by atoms with Crippen LogP contribution in [0.3, 0.4) is 0 Å². The highest BCUT2D eigenvalue weighted by atomic mass is 19.1. The quantitative estimate of drug-likeness (QED) is 0.386. The largest absolute Gasteiger partial charge is 0.496 e. The Hall–Kier alpha value is -2.76. The third-order valence-corrected chi connectivity index (χ3v) is 6.10. The SMILES string of the molecule is COc1ccccc1C1CCN(CCCOC(c2ccc(F)cc2)c2ccc(F)cc2)C1. The molecule has 0 aliphatic carbocycles. The number of rotatable bonds is 9. The van der Waals surface area contributed by atoms with Gasteiger partial charge in [-0.15, -0.1) is 0 Å². The van der Waals surface area contributed by atoms with Crippen molar-refractivity contribution in [1.29, 1.82) is 0 Å². The fourth-order valence-corrected chi connectivity index (χ4v) is 4.44. The first kappa shape index (κ1) is 22.4. The number of benzene rings is 3. The molecule has 32 heavy (non-hydrogen) atoms. The maximum Gasteiger partial charge on any atom is 0.123 e. The van der Waals surface area contributed by atoms with Gasteiger partial charge < -0.3 is 14.4 Å². The molecule has 3 nitrogen and oxygen atoms in total. The van der Waals surface area contributed by atoms with E-state index in [0.29, 0.717) is 12.5 Å². The number of hydrogen-bond acceptors (Lipinski definition) is 3. The predicted octanol–water partition coefficient (Wildman–Crippen LogP) is 5.96. The summed E-state index contributed by atoms with van der Waals surface area (Å²) in [5, 5.41) is 0. The van der Waals surface area contributed by atoms with Gasteiger partial charge in [-0.2, -0.15) is 0 Å². The molecule has 1 saturated heterocycles. The lowest BCUT2D eigenvalue weighted by atomic mass is 9.97. The van der Waals surface area contributed by atoms with Crippen molar-refractivity contribution in [2.75, 3.05) is 33.4 Å². The average molecular weight is 438 g/mol. The first-order valence-corrected chi connectivity index (χ1v) is 11.1. The lowest BCUT2D eigenvalue weighted by molar-refractivity contribution is 0.0729. The van der Waals surface area contributed by atoms with Crippen LogP contribution in [0.5, 0.6) is 5.75 Å². The van der Waals surface area contributed by atoms with Crippen LogP contribution in [-0.4, -0.2) is 38.3 Å². The van der Waals surface area contributed by atoms with Gasteiger partial charge in [0.1, 0.15) is 23.5 Å². The molecule has 4 rings (SSSR count). The number of nitrogens with zero attached hydrogens (tertiary/aromatic N) is 1. The Kier molecular flexibility index (Phi) is 7.51. The van der Waals surface area contributed by atoms with E-state index >= 15 is 0 Å². The third-order valence-electron chi connectivity index (χ3n) is 6.10. The van der Waals surface area contributed by atoms with Crippen molar-refractivity contribution in [3.05, 3.63) is 101 Å². The second-order valence-corrected chi connectivity index (χ2v) is 8.24. The van der Waals surface area contributed by atoms with Gasteiger partial charge in [0.25, 0.3) is 0 Å². The molecular weight excluding hydrogens is 408 g/mol. The minimum atomic E-state index is -0.351. The van der Waals surface area contributed by atoms with Crippen LogP contribution in [0.15, 0.2) is 72.8 Å². The van der Waals surface area contributed by atoms with E-state index in [1.54, 1.807) is 31.4 Å². The van der Waals surface area contributed by atoms with Crippen molar-refractivity contribution < 1.29 is 18.3 Å². The highest BCUT2D eigenvalue weighted by Gasteiger charge is 2.25. The van der Waals surface area contributed by atoms with E-state index in [9.17, 15) is 8.78 Å². The highest BCUT2D eigenvalue weighted by Crippen LogP contribution is 2.33. The minimum Gasteiger partial charge on any atom is -0.496 e. The molecule has 0 radical (unpaired) electrons. The van der Waals surface area contributed by atoms with Gasteiger partial charge in [0.15, 0.2) is 0 Å². The van der Waals surface area contributed by atoms with Gasteiger partial charge in [-0.25, -0.2) is 8.78 Å². The van der Waals surface area contributed by atoms with Gasteiger partial charge in [-0.3, -0.25) is 0 Å². The molecular formula is C27H29F2NO2. The maximum atomic E-state index is 13.4. The van der Waals surface area contributed by atoms with Gasteiger partial charge in [-0.05, 0) is 66.4 Å². The number of hydrogen-bond donors (Lipinski definition) is 0.